The molecule has 0 bridgehead atoms. The summed E-state index contributed by atoms with van der Waals surface area (Å²) in [6.45, 7) is 2.89. The van der Waals surface area contributed by atoms with E-state index >= 15 is 0 Å². The Balaban J connectivity index is 1.91. The summed E-state index contributed by atoms with van der Waals surface area (Å²) in [5.41, 5.74) is 6.95. The molecule has 1 aromatic carbocycles. The van der Waals surface area contributed by atoms with Gasteiger partial charge in [0.2, 0.25) is 5.91 Å². The Bertz CT molecular complexity index is 366. The van der Waals surface area contributed by atoms with Crippen LogP contribution in [0.5, 0.6) is 0 Å². The SMILES string of the molecule is NCC1C(=O)NCCN1CCc1ccccc1. The van der Waals surface area contributed by atoms with Crippen molar-refractivity contribution in [3.63, 3.8) is 0 Å². The third-order valence-corrected chi connectivity index (χ3v) is 3.20. The molecule has 1 unspecified atom stereocenters. The second-order valence-electron chi connectivity index (χ2n) is 4.31. The third kappa shape index (κ3) is 3.05. The number of rotatable bonds is 4. The molecule has 1 amide bonds. The minimum Gasteiger partial charge on any atom is -0.353 e. The second kappa shape index (κ2) is 5.80. The van der Waals surface area contributed by atoms with Crippen molar-refractivity contribution in [2.75, 3.05) is 26.2 Å². The van der Waals surface area contributed by atoms with E-state index in [1.807, 2.05) is 18.2 Å². The summed E-state index contributed by atoms with van der Waals surface area (Å²) < 4.78 is 0. The van der Waals surface area contributed by atoms with E-state index in [2.05, 4.69) is 22.3 Å². The van der Waals surface area contributed by atoms with Crippen LogP contribution in [0.3, 0.4) is 0 Å². The smallest absolute Gasteiger partial charge is 0.238 e. The molecule has 17 heavy (non-hydrogen) atoms. The molecule has 0 spiro atoms. The van der Waals surface area contributed by atoms with Crippen LogP contribution in [0.25, 0.3) is 0 Å². The Morgan fingerprint density at radius 1 is 1.35 bits per heavy atom. The fourth-order valence-electron chi connectivity index (χ4n) is 2.20. The minimum absolute atomic E-state index is 0.0619. The molecule has 1 fully saturated rings. The lowest BCUT2D eigenvalue weighted by Gasteiger charge is -2.34. The van der Waals surface area contributed by atoms with Gasteiger partial charge in [-0.2, -0.15) is 0 Å². The molecule has 0 radical (unpaired) electrons. The summed E-state index contributed by atoms with van der Waals surface area (Å²) in [6, 6.07) is 10.2. The molecule has 4 nitrogen and oxygen atoms in total. The number of hydrogen-bond acceptors (Lipinski definition) is 3. The van der Waals surface area contributed by atoms with E-state index in [1.165, 1.54) is 5.56 Å². The predicted octanol–water partition coefficient (Wildman–Crippen LogP) is -0.0118. The zero-order valence-corrected chi connectivity index (χ0v) is 9.93. The van der Waals surface area contributed by atoms with Gasteiger partial charge in [-0.1, -0.05) is 30.3 Å². The molecule has 1 atom stereocenters. The first-order valence-corrected chi connectivity index (χ1v) is 6.07. The maximum Gasteiger partial charge on any atom is 0.238 e. The number of hydrogen-bond donors (Lipinski definition) is 2. The van der Waals surface area contributed by atoms with Gasteiger partial charge in [0.1, 0.15) is 6.04 Å². The topological polar surface area (TPSA) is 58.4 Å². The lowest BCUT2D eigenvalue weighted by atomic mass is 10.1. The molecule has 0 aromatic heterocycles. The van der Waals surface area contributed by atoms with Crippen LogP contribution >= 0.6 is 0 Å². The van der Waals surface area contributed by atoms with Crippen molar-refractivity contribution in [2.24, 2.45) is 5.73 Å². The van der Waals surface area contributed by atoms with Crippen molar-refractivity contribution >= 4 is 5.91 Å². The fourth-order valence-corrected chi connectivity index (χ4v) is 2.20. The van der Waals surface area contributed by atoms with Crippen molar-refractivity contribution in [1.29, 1.82) is 0 Å². The van der Waals surface area contributed by atoms with Crippen molar-refractivity contribution in [3.05, 3.63) is 35.9 Å². The lowest BCUT2D eigenvalue weighted by molar-refractivity contribution is -0.128. The van der Waals surface area contributed by atoms with Gasteiger partial charge in [-0.25, -0.2) is 0 Å². The highest BCUT2D eigenvalue weighted by atomic mass is 16.2. The summed E-state index contributed by atoms with van der Waals surface area (Å²) in [4.78, 5) is 13.8. The highest BCUT2D eigenvalue weighted by Crippen LogP contribution is 2.06. The highest BCUT2D eigenvalue weighted by molar-refractivity contribution is 5.82. The monoisotopic (exact) mass is 233 g/mol. The van der Waals surface area contributed by atoms with E-state index in [0.717, 1.165) is 26.1 Å². The second-order valence-corrected chi connectivity index (χ2v) is 4.31. The molecule has 1 aliphatic rings. The van der Waals surface area contributed by atoms with E-state index in [1.54, 1.807) is 0 Å². The van der Waals surface area contributed by atoms with Crippen LogP contribution in [0.2, 0.25) is 0 Å². The van der Waals surface area contributed by atoms with Crippen molar-refractivity contribution in [3.8, 4) is 0 Å². The van der Waals surface area contributed by atoms with Crippen LogP contribution in [0, 0.1) is 0 Å². The zero-order chi connectivity index (χ0) is 12.1. The standard InChI is InChI=1S/C13H19N3O/c14-10-12-13(17)15-7-9-16(12)8-6-11-4-2-1-3-5-11/h1-5,12H,6-10,14H2,(H,15,17). The van der Waals surface area contributed by atoms with Crippen LogP contribution in [-0.2, 0) is 11.2 Å². The third-order valence-electron chi connectivity index (χ3n) is 3.20. The molecule has 1 aliphatic heterocycles. The number of piperazine rings is 1. The van der Waals surface area contributed by atoms with E-state index < -0.39 is 0 Å². The molecule has 2 rings (SSSR count). The molecule has 1 aromatic rings. The maximum atomic E-state index is 11.6. The number of nitrogens with zero attached hydrogens (tertiary/aromatic N) is 1. The summed E-state index contributed by atoms with van der Waals surface area (Å²) >= 11 is 0. The van der Waals surface area contributed by atoms with Gasteiger partial charge >= 0.3 is 0 Å². The summed E-state index contributed by atoms with van der Waals surface area (Å²) in [5.74, 6) is 0.0619. The van der Waals surface area contributed by atoms with Gasteiger partial charge in [-0.3, -0.25) is 9.69 Å². The predicted molar refractivity (Wildman–Crippen MR) is 67.6 cm³/mol. The fraction of sp³-hybridized carbons (Fsp3) is 0.462. The van der Waals surface area contributed by atoms with Crippen LogP contribution in [0.15, 0.2) is 30.3 Å². The number of nitrogens with one attached hydrogen (secondary N) is 1. The number of amides is 1. The first-order valence-electron chi connectivity index (χ1n) is 6.07. The molecule has 3 N–H and O–H groups in total. The Hall–Kier alpha value is -1.39. The van der Waals surface area contributed by atoms with Gasteiger partial charge in [0.25, 0.3) is 0 Å². The van der Waals surface area contributed by atoms with Gasteiger partial charge in [-0.15, -0.1) is 0 Å². The Kier molecular flexibility index (Phi) is 4.12. The average Bonchev–Trinajstić information content (AvgIpc) is 2.37. The van der Waals surface area contributed by atoms with Gasteiger partial charge in [0.05, 0.1) is 0 Å². The average molecular weight is 233 g/mol. The van der Waals surface area contributed by atoms with Crippen LogP contribution in [0.1, 0.15) is 5.56 Å². The van der Waals surface area contributed by atoms with Crippen LogP contribution < -0.4 is 11.1 Å². The van der Waals surface area contributed by atoms with Crippen molar-refractivity contribution in [2.45, 2.75) is 12.5 Å². The Morgan fingerprint density at radius 2 is 2.12 bits per heavy atom. The molecular weight excluding hydrogens is 214 g/mol. The van der Waals surface area contributed by atoms with Gasteiger partial charge < -0.3 is 11.1 Å². The lowest BCUT2D eigenvalue weighted by Crippen LogP contribution is -2.58. The largest absolute Gasteiger partial charge is 0.353 e. The first-order chi connectivity index (χ1) is 8.31. The molecule has 4 heteroatoms. The van der Waals surface area contributed by atoms with E-state index in [-0.39, 0.29) is 11.9 Å². The highest BCUT2D eigenvalue weighted by Gasteiger charge is 2.27. The molecule has 92 valence electrons. The first kappa shape index (κ1) is 12.1. The Morgan fingerprint density at radius 3 is 2.82 bits per heavy atom. The number of carbonyl (C=O) groups is 1. The maximum absolute atomic E-state index is 11.6. The zero-order valence-electron chi connectivity index (χ0n) is 9.93. The number of benzene rings is 1. The van der Waals surface area contributed by atoms with E-state index in [4.69, 9.17) is 5.73 Å². The summed E-state index contributed by atoms with van der Waals surface area (Å²) in [5, 5.41) is 2.85. The van der Waals surface area contributed by atoms with Crippen molar-refractivity contribution in [1.82, 2.24) is 10.2 Å². The minimum atomic E-state index is -0.160. The summed E-state index contributed by atoms with van der Waals surface area (Å²) in [6.07, 6.45) is 0.963. The Labute approximate surface area is 102 Å². The number of nitrogens with two attached hydrogens (primary N) is 1. The van der Waals surface area contributed by atoms with Crippen molar-refractivity contribution < 1.29 is 4.79 Å². The normalized spacial score (nSPS) is 21.2. The summed E-state index contributed by atoms with van der Waals surface area (Å²) in [7, 11) is 0. The molecule has 1 heterocycles. The molecule has 0 saturated carbocycles. The van der Waals surface area contributed by atoms with Gasteiger partial charge in [-0.05, 0) is 12.0 Å². The molecule has 0 aliphatic carbocycles. The number of carbonyl (C=O) groups excluding carboxylic acids is 1. The van der Waals surface area contributed by atoms with Gasteiger partial charge in [0.15, 0.2) is 0 Å². The van der Waals surface area contributed by atoms with Gasteiger partial charge in [0, 0.05) is 26.2 Å². The van der Waals surface area contributed by atoms with Crippen LogP contribution in [0.4, 0.5) is 0 Å². The molecular formula is C13H19N3O. The van der Waals surface area contributed by atoms with E-state index in [0.29, 0.717) is 6.54 Å². The molecule has 1 saturated heterocycles. The van der Waals surface area contributed by atoms with E-state index in [9.17, 15) is 4.79 Å². The quantitative estimate of drug-likeness (QED) is 0.769. The van der Waals surface area contributed by atoms with Crippen LogP contribution in [-0.4, -0.2) is 43.0 Å².